The molecule has 1 aliphatic rings. The Hall–Kier alpha value is -3.43. The van der Waals surface area contributed by atoms with Gasteiger partial charge in [0.15, 0.2) is 5.51 Å². The lowest BCUT2D eigenvalue weighted by atomic mass is 9.70. The van der Waals surface area contributed by atoms with Gasteiger partial charge in [0.1, 0.15) is 0 Å². The van der Waals surface area contributed by atoms with Crippen molar-refractivity contribution in [2.75, 3.05) is 11.4 Å². The molecule has 1 radical (unpaired) electrons. The Morgan fingerprint density at radius 3 is 2.06 bits per heavy atom. The highest BCUT2D eigenvalue weighted by Crippen LogP contribution is 2.51. The minimum absolute atomic E-state index is 0.229. The molecule has 0 N–H and O–H groups in total. The maximum absolute atomic E-state index is 4.48. The van der Waals surface area contributed by atoms with E-state index in [0.717, 1.165) is 18.5 Å². The molecule has 1 aliphatic heterocycles. The first-order valence-corrected chi connectivity index (χ1v) is 12.4. The zero-order valence-electron chi connectivity index (χ0n) is 18.3. The highest BCUT2D eigenvalue weighted by atomic mass is 32.1. The zero-order chi connectivity index (χ0) is 22.0. The van der Waals surface area contributed by atoms with Crippen molar-refractivity contribution in [3.05, 3.63) is 131 Å². The SMILES string of the molecule is [c]1nc2cc(N3CCC(c4ccccc4)C(c4ccccc4)C3c3ccccc3)ccc2s1. The lowest BCUT2D eigenvalue weighted by Gasteiger charge is -2.47. The van der Waals surface area contributed by atoms with Crippen LogP contribution in [0.2, 0.25) is 0 Å². The molecular weight excluding hydrogens is 420 g/mol. The summed E-state index contributed by atoms with van der Waals surface area (Å²) in [4.78, 5) is 7.08. The predicted molar refractivity (Wildman–Crippen MR) is 138 cm³/mol. The second kappa shape index (κ2) is 8.84. The molecule has 1 saturated heterocycles. The molecule has 1 aromatic heterocycles. The van der Waals surface area contributed by atoms with Crippen LogP contribution in [-0.4, -0.2) is 11.5 Å². The Morgan fingerprint density at radius 1 is 0.727 bits per heavy atom. The summed E-state index contributed by atoms with van der Waals surface area (Å²) >= 11 is 1.58. The molecule has 0 aliphatic carbocycles. The summed E-state index contributed by atoms with van der Waals surface area (Å²) in [6.45, 7) is 1.00. The van der Waals surface area contributed by atoms with Crippen molar-refractivity contribution < 1.29 is 0 Å². The van der Waals surface area contributed by atoms with Crippen molar-refractivity contribution in [3.63, 3.8) is 0 Å². The summed E-state index contributed by atoms with van der Waals surface area (Å²) in [5.41, 5.74) is 9.50. The molecule has 2 nitrogen and oxygen atoms in total. The molecule has 33 heavy (non-hydrogen) atoms. The highest BCUT2D eigenvalue weighted by molar-refractivity contribution is 7.16. The molecule has 2 heterocycles. The molecule has 0 saturated carbocycles. The summed E-state index contributed by atoms with van der Waals surface area (Å²) in [7, 11) is 0. The summed E-state index contributed by atoms with van der Waals surface area (Å²) in [6.07, 6.45) is 1.11. The van der Waals surface area contributed by atoms with E-state index in [2.05, 4.69) is 125 Å². The van der Waals surface area contributed by atoms with E-state index >= 15 is 0 Å². The molecule has 161 valence electrons. The van der Waals surface area contributed by atoms with Gasteiger partial charge in [0.05, 0.1) is 16.3 Å². The molecule has 5 aromatic rings. The Labute approximate surface area is 199 Å². The monoisotopic (exact) mass is 445 g/mol. The smallest absolute Gasteiger partial charge is 0.153 e. The predicted octanol–water partition coefficient (Wildman–Crippen LogP) is 7.62. The number of fused-ring (bicyclic) bond motifs is 1. The number of rotatable bonds is 4. The summed E-state index contributed by atoms with van der Waals surface area (Å²) in [5, 5.41) is 0. The lowest BCUT2D eigenvalue weighted by Crippen LogP contribution is -2.41. The van der Waals surface area contributed by atoms with Gasteiger partial charge in [-0.25, -0.2) is 4.98 Å². The van der Waals surface area contributed by atoms with Gasteiger partial charge in [-0.15, -0.1) is 11.3 Å². The van der Waals surface area contributed by atoms with Gasteiger partial charge in [-0.05, 0) is 47.2 Å². The maximum Gasteiger partial charge on any atom is 0.153 e. The van der Waals surface area contributed by atoms with Crippen LogP contribution in [0, 0.1) is 5.51 Å². The minimum atomic E-state index is 0.229. The largest absolute Gasteiger partial charge is 0.364 e. The van der Waals surface area contributed by atoms with Crippen molar-refractivity contribution in [3.8, 4) is 0 Å². The van der Waals surface area contributed by atoms with Crippen LogP contribution in [0.3, 0.4) is 0 Å². The summed E-state index contributed by atoms with van der Waals surface area (Å²) in [6, 6.07) is 40.1. The number of piperidine rings is 1. The van der Waals surface area contributed by atoms with Gasteiger partial charge in [-0.2, -0.15) is 0 Å². The third-order valence-electron chi connectivity index (χ3n) is 6.94. The quantitative estimate of drug-likeness (QED) is 0.283. The van der Waals surface area contributed by atoms with Gasteiger partial charge in [-0.1, -0.05) is 91.0 Å². The Morgan fingerprint density at radius 2 is 1.36 bits per heavy atom. The first kappa shape index (κ1) is 20.2. The van der Waals surface area contributed by atoms with Gasteiger partial charge < -0.3 is 4.90 Å². The third kappa shape index (κ3) is 3.83. The van der Waals surface area contributed by atoms with Crippen LogP contribution in [0.25, 0.3) is 10.2 Å². The number of anilines is 1. The standard InChI is InChI=1S/C30H25N2S/c1-4-10-22(11-5-1)26-18-19-32(25-16-17-28-27(20-25)31-21-33-28)30(24-14-8-3-9-15-24)29(26)23-12-6-2-7-13-23/h1-17,20,26,29-30H,18-19H2. The van der Waals surface area contributed by atoms with E-state index in [1.165, 1.54) is 27.1 Å². The Kier molecular flexibility index (Phi) is 5.41. The van der Waals surface area contributed by atoms with Crippen LogP contribution in [0.4, 0.5) is 5.69 Å². The lowest BCUT2D eigenvalue weighted by molar-refractivity contribution is 0.361. The number of thiazole rings is 1. The van der Waals surface area contributed by atoms with Crippen molar-refractivity contribution in [2.45, 2.75) is 24.3 Å². The second-order valence-electron chi connectivity index (χ2n) is 8.75. The third-order valence-corrected chi connectivity index (χ3v) is 7.69. The summed E-state index contributed by atoms with van der Waals surface area (Å²) < 4.78 is 1.19. The molecule has 3 atom stereocenters. The van der Waals surface area contributed by atoms with Crippen LogP contribution in [0.15, 0.2) is 109 Å². The Balaban J connectivity index is 1.53. The Bertz CT molecular complexity index is 1330. The van der Waals surface area contributed by atoms with E-state index in [4.69, 9.17) is 0 Å². The van der Waals surface area contributed by atoms with E-state index < -0.39 is 0 Å². The second-order valence-corrected chi connectivity index (χ2v) is 9.57. The van der Waals surface area contributed by atoms with E-state index in [-0.39, 0.29) is 6.04 Å². The molecular formula is C30H25N2S. The molecule has 6 rings (SSSR count). The molecule has 4 aromatic carbocycles. The molecule has 3 heteroatoms. The fraction of sp³-hybridized carbons (Fsp3) is 0.167. The van der Waals surface area contributed by atoms with Gasteiger partial charge in [0, 0.05) is 18.2 Å². The van der Waals surface area contributed by atoms with E-state index in [9.17, 15) is 0 Å². The first-order chi connectivity index (χ1) is 16.4. The van der Waals surface area contributed by atoms with Gasteiger partial charge in [-0.3, -0.25) is 0 Å². The van der Waals surface area contributed by atoms with Crippen molar-refractivity contribution >= 4 is 27.2 Å². The van der Waals surface area contributed by atoms with Crippen LogP contribution in [0.5, 0.6) is 0 Å². The molecule has 1 fully saturated rings. The van der Waals surface area contributed by atoms with Crippen LogP contribution < -0.4 is 4.90 Å². The van der Waals surface area contributed by atoms with Crippen molar-refractivity contribution in [1.29, 1.82) is 0 Å². The van der Waals surface area contributed by atoms with Crippen molar-refractivity contribution in [2.24, 2.45) is 0 Å². The fourth-order valence-electron chi connectivity index (χ4n) is 5.48. The van der Waals surface area contributed by atoms with Gasteiger partial charge in [0.25, 0.3) is 0 Å². The first-order valence-electron chi connectivity index (χ1n) is 11.6. The molecule has 3 unspecified atom stereocenters. The minimum Gasteiger partial charge on any atom is -0.364 e. The number of aromatic nitrogens is 1. The summed E-state index contributed by atoms with van der Waals surface area (Å²) in [5.74, 6) is 0.786. The van der Waals surface area contributed by atoms with E-state index in [1.54, 1.807) is 11.3 Å². The van der Waals surface area contributed by atoms with Crippen LogP contribution in [0.1, 0.15) is 41.0 Å². The van der Waals surface area contributed by atoms with Crippen LogP contribution in [-0.2, 0) is 0 Å². The van der Waals surface area contributed by atoms with E-state index in [0.29, 0.717) is 11.8 Å². The molecule has 0 spiro atoms. The normalized spacial score (nSPS) is 20.7. The zero-order valence-corrected chi connectivity index (χ0v) is 19.2. The topological polar surface area (TPSA) is 16.1 Å². The maximum atomic E-state index is 4.48. The van der Waals surface area contributed by atoms with Gasteiger partial charge >= 0.3 is 0 Å². The van der Waals surface area contributed by atoms with E-state index in [1.807, 2.05) is 0 Å². The average Bonchev–Trinajstić information content (AvgIpc) is 3.37. The van der Waals surface area contributed by atoms with Crippen molar-refractivity contribution in [1.82, 2.24) is 4.98 Å². The fourth-order valence-corrected chi connectivity index (χ4v) is 6.07. The number of hydrogen-bond acceptors (Lipinski definition) is 3. The average molecular weight is 446 g/mol. The number of benzene rings is 4. The molecule has 0 bridgehead atoms. The van der Waals surface area contributed by atoms with Gasteiger partial charge in [0.2, 0.25) is 0 Å². The van der Waals surface area contributed by atoms with Crippen LogP contribution >= 0.6 is 11.3 Å². The highest BCUT2D eigenvalue weighted by Gasteiger charge is 2.40. The molecule has 0 amide bonds. The number of nitrogens with zero attached hydrogens (tertiary/aromatic N) is 2. The number of hydrogen-bond donors (Lipinski definition) is 0.